The Morgan fingerprint density at radius 2 is 2.00 bits per heavy atom. The Bertz CT molecular complexity index is 209. The second-order valence-electron chi connectivity index (χ2n) is 2.49. The second kappa shape index (κ2) is 6.47. The van der Waals surface area contributed by atoms with E-state index in [-0.39, 0.29) is 0 Å². The Morgan fingerprint density at radius 3 is 2.50 bits per heavy atom. The molecule has 0 spiro atoms. The molecule has 0 atom stereocenters. The molecule has 0 saturated heterocycles. The topological polar surface area (TPSA) is 12.0 Å². The summed E-state index contributed by atoms with van der Waals surface area (Å²) in [5.74, 6) is 0. The maximum absolute atomic E-state index is 3.82. The molecule has 0 aliphatic rings. The van der Waals surface area contributed by atoms with Gasteiger partial charge in [-0.1, -0.05) is 38.3 Å². The standard InChI is InChI=1S/C11H17N/c1-5-7-8-9-11(4)12-10(3)6-2/h5,7-9,12H,3-4,6H2,1-2H3/b7-5-,9-8-. The van der Waals surface area contributed by atoms with E-state index in [9.17, 15) is 0 Å². The summed E-state index contributed by atoms with van der Waals surface area (Å²) < 4.78 is 0. The van der Waals surface area contributed by atoms with Crippen LogP contribution in [-0.4, -0.2) is 0 Å². The highest BCUT2D eigenvalue weighted by Gasteiger charge is 1.87. The number of allylic oxidation sites excluding steroid dienone is 5. The summed E-state index contributed by atoms with van der Waals surface area (Å²) >= 11 is 0. The third-order valence-corrected chi connectivity index (χ3v) is 1.37. The van der Waals surface area contributed by atoms with E-state index in [1.807, 2.05) is 31.2 Å². The van der Waals surface area contributed by atoms with Crippen LogP contribution in [0.3, 0.4) is 0 Å². The van der Waals surface area contributed by atoms with Gasteiger partial charge in [-0.2, -0.15) is 0 Å². The monoisotopic (exact) mass is 163 g/mol. The van der Waals surface area contributed by atoms with E-state index in [1.165, 1.54) is 0 Å². The smallest absolute Gasteiger partial charge is 0.0308 e. The lowest BCUT2D eigenvalue weighted by molar-refractivity contribution is 0.923. The second-order valence-corrected chi connectivity index (χ2v) is 2.49. The molecule has 0 aromatic carbocycles. The summed E-state index contributed by atoms with van der Waals surface area (Å²) in [4.78, 5) is 0. The van der Waals surface area contributed by atoms with Gasteiger partial charge in [0.25, 0.3) is 0 Å². The van der Waals surface area contributed by atoms with Crippen LogP contribution >= 0.6 is 0 Å². The van der Waals surface area contributed by atoms with Crippen molar-refractivity contribution >= 4 is 0 Å². The summed E-state index contributed by atoms with van der Waals surface area (Å²) in [6.45, 7) is 11.7. The van der Waals surface area contributed by atoms with Crippen molar-refractivity contribution in [2.75, 3.05) is 0 Å². The molecule has 0 amide bonds. The maximum atomic E-state index is 3.82. The third kappa shape index (κ3) is 5.54. The Balaban J connectivity index is 3.81. The predicted octanol–water partition coefficient (Wildman–Crippen LogP) is 3.15. The van der Waals surface area contributed by atoms with Crippen LogP contribution in [0.15, 0.2) is 48.9 Å². The van der Waals surface area contributed by atoms with Gasteiger partial charge in [0, 0.05) is 11.4 Å². The van der Waals surface area contributed by atoms with Gasteiger partial charge in [0.05, 0.1) is 0 Å². The lowest BCUT2D eigenvalue weighted by Crippen LogP contribution is -2.07. The number of hydrogen-bond donors (Lipinski definition) is 1. The third-order valence-electron chi connectivity index (χ3n) is 1.37. The van der Waals surface area contributed by atoms with Gasteiger partial charge in [0.2, 0.25) is 0 Å². The molecule has 1 nitrogen and oxygen atoms in total. The molecule has 66 valence electrons. The molecule has 0 rings (SSSR count). The summed E-state index contributed by atoms with van der Waals surface area (Å²) in [7, 11) is 0. The van der Waals surface area contributed by atoms with E-state index in [1.54, 1.807) is 0 Å². The van der Waals surface area contributed by atoms with E-state index in [0.29, 0.717) is 0 Å². The van der Waals surface area contributed by atoms with Gasteiger partial charge in [-0.15, -0.1) is 0 Å². The highest BCUT2D eigenvalue weighted by Crippen LogP contribution is 1.96. The molecular weight excluding hydrogens is 146 g/mol. The minimum Gasteiger partial charge on any atom is -0.360 e. The first-order chi connectivity index (χ1) is 5.70. The van der Waals surface area contributed by atoms with Gasteiger partial charge < -0.3 is 5.32 Å². The molecule has 0 bridgehead atoms. The number of nitrogens with one attached hydrogen (secondary N) is 1. The van der Waals surface area contributed by atoms with Crippen LogP contribution in [0.25, 0.3) is 0 Å². The molecule has 0 aliphatic heterocycles. The normalized spacial score (nSPS) is 10.8. The lowest BCUT2D eigenvalue weighted by Gasteiger charge is -2.05. The Kier molecular flexibility index (Phi) is 5.80. The zero-order valence-electron chi connectivity index (χ0n) is 7.93. The van der Waals surface area contributed by atoms with E-state index in [4.69, 9.17) is 0 Å². The minimum absolute atomic E-state index is 0.875. The van der Waals surface area contributed by atoms with Crippen molar-refractivity contribution < 1.29 is 0 Å². The summed E-state index contributed by atoms with van der Waals surface area (Å²) in [5.41, 5.74) is 1.87. The molecule has 0 aliphatic carbocycles. The quantitative estimate of drug-likeness (QED) is 0.614. The van der Waals surface area contributed by atoms with Gasteiger partial charge >= 0.3 is 0 Å². The average molecular weight is 163 g/mol. The van der Waals surface area contributed by atoms with Crippen molar-refractivity contribution in [3.05, 3.63) is 48.9 Å². The first kappa shape index (κ1) is 10.8. The summed E-state index contributed by atoms with van der Waals surface area (Å²) in [5, 5.41) is 3.08. The first-order valence-electron chi connectivity index (χ1n) is 4.13. The molecule has 1 N–H and O–H groups in total. The summed E-state index contributed by atoms with van der Waals surface area (Å²) in [6, 6.07) is 0. The molecule has 0 heterocycles. The molecule has 0 saturated carbocycles. The summed E-state index contributed by atoms with van der Waals surface area (Å²) in [6.07, 6.45) is 8.72. The van der Waals surface area contributed by atoms with E-state index in [0.717, 1.165) is 17.8 Å². The van der Waals surface area contributed by atoms with Crippen LogP contribution in [-0.2, 0) is 0 Å². The Labute approximate surface area is 75.2 Å². The molecule has 0 aromatic heterocycles. The molecule has 1 heteroatoms. The molecular formula is C11H17N. The van der Waals surface area contributed by atoms with Gasteiger partial charge in [-0.25, -0.2) is 0 Å². The fourth-order valence-corrected chi connectivity index (χ4v) is 0.640. The lowest BCUT2D eigenvalue weighted by atomic mass is 10.3. The fourth-order valence-electron chi connectivity index (χ4n) is 0.640. The van der Waals surface area contributed by atoms with Crippen LogP contribution < -0.4 is 5.32 Å². The zero-order chi connectivity index (χ0) is 9.40. The molecule has 0 unspecified atom stereocenters. The highest BCUT2D eigenvalue weighted by molar-refractivity contribution is 5.20. The van der Waals surface area contributed by atoms with Gasteiger partial charge in [-0.3, -0.25) is 0 Å². The largest absolute Gasteiger partial charge is 0.360 e. The van der Waals surface area contributed by atoms with Crippen molar-refractivity contribution in [3.8, 4) is 0 Å². The SMILES string of the molecule is C=C(/C=C\C=C/C)NC(=C)CC. The number of hydrogen-bond acceptors (Lipinski definition) is 1. The van der Waals surface area contributed by atoms with Crippen molar-refractivity contribution in [1.29, 1.82) is 0 Å². The van der Waals surface area contributed by atoms with Crippen LogP contribution in [0.5, 0.6) is 0 Å². The highest BCUT2D eigenvalue weighted by atomic mass is 14.9. The molecule has 0 radical (unpaired) electrons. The van der Waals surface area contributed by atoms with Crippen LogP contribution in [0.2, 0.25) is 0 Å². The number of rotatable bonds is 5. The van der Waals surface area contributed by atoms with Crippen LogP contribution in [0.4, 0.5) is 0 Å². The van der Waals surface area contributed by atoms with Gasteiger partial charge in [-0.05, 0) is 19.4 Å². The Morgan fingerprint density at radius 1 is 1.33 bits per heavy atom. The van der Waals surface area contributed by atoms with Crippen molar-refractivity contribution in [2.45, 2.75) is 20.3 Å². The van der Waals surface area contributed by atoms with Gasteiger partial charge in [0.15, 0.2) is 0 Å². The van der Waals surface area contributed by atoms with Crippen LogP contribution in [0.1, 0.15) is 20.3 Å². The molecule has 0 aromatic rings. The van der Waals surface area contributed by atoms with Crippen molar-refractivity contribution in [1.82, 2.24) is 5.32 Å². The maximum Gasteiger partial charge on any atom is 0.0308 e. The van der Waals surface area contributed by atoms with Crippen LogP contribution in [0, 0.1) is 0 Å². The predicted molar refractivity (Wildman–Crippen MR) is 55.7 cm³/mol. The average Bonchev–Trinajstić information content (AvgIpc) is 2.05. The Hall–Kier alpha value is -1.24. The fraction of sp³-hybridized carbons (Fsp3) is 0.273. The zero-order valence-corrected chi connectivity index (χ0v) is 7.93. The van der Waals surface area contributed by atoms with E-state index >= 15 is 0 Å². The van der Waals surface area contributed by atoms with Gasteiger partial charge in [0.1, 0.15) is 0 Å². The van der Waals surface area contributed by atoms with E-state index in [2.05, 4.69) is 25.4 Å². The first-order valence-corrected chi connectivity index (χ1v) is 4.13. The molecule has 0 fully saturated rings. The van der Waals surface area contributed by atoms with E-state index < -0.39 is 0 Å². The van der Waals surface area contributed by atoms with Crippen molar-refractivity contribution in [2.24, 2.45) is 0 Å². The minimum atomic E-state index is 0.875. The van der Waals surface area contributed by atoms with Crippen molar-refractivity contribution in [3.63, 3.8) is 0 Å². The molecule has 12 heavy (non-hydrogen) atoms.